The van der Waals surface area contributed by atoms with Gasteiger partial charge in [0.05, 0.1) is 11.8 Å². The minimum atomic E-state index is -0.137. The highest BCUT2D eigenvalue weighted by molar-refractivity contribution is 5.83. The van der Waals surface area contributed by atoms with E-state index >= 15 is 0 Å². The van der Waals surface area contributed by atoms with E-state index in [0.29, 0.717) is 24.9 Å². The van der Waals surface area contributed by atoms with Crippen molar-refractivity contribution < 1.29 is 9.59 Å². The molecule has 2 unspecified atom stereocenters. The molecule has 2 amide bonds. The van der Waals surface area contributed by atoms with Gasteiger partial charge in [0.2, 0.25) is 11.8 Å². The molecule has 0 heterocycles. The van der Waals surface area contributed by atoms with Crippen LogP contribution in [0.15, 0.2) is 48.5 Å². The van der Waals surface area contributed by atoms with E-state index < -0.39 is 0 Å². The maximum atomic E-state index is 12.5. The third-order valence-corrected chi connectivity index (χ3v) is 6.74. The molecule has 0 aromatic heterocycles. The second-order valence-electron chi connectivity index (χ2n) is 11.1. The van der Waals surface area contributed by atoms with Gasteiger partial charge in [0.25, 0.3) is 0 Å². The van der Waals surface area contributed by atoms with Gasteiger partial charge in [0.1, 0.15) is 0 Å². The third kappa shape index (κ3) is 10.6. The van der Waals surface area contributed by atoms with Crippen LogP contribution < -0.4 is 10.6 Å². The zero-order chi connectivity index (χ0) is 26.5. The maximum absolute atomic E-state index is 12.5. The molecule has 4 heteroatoms. The molecule has 2 atom stereocenters. The molecule has 0 bridgehead atoms. The Morgan fingerprint density at radius 1 is 0.556 bits per heavy atom. The Hall–Kier alpha value is -2.62. The summed E-state index contributed by atoms with van der Waals surface area (Å²) in [7, 11) is 0. The molecule has 2 aromatic rings. The van der Waals surface area contributed by atoms with Gasteiger partial charge < -0.3 is 10.6 Å². The lowest BCUT2D eigenvalue weighted by molar-refractivity contribution is -0.123. The minimum Gasteiger partial charge on any atom is -0.356 e. The van der Waals surface area contributed by atoms with Crippen LogP contribution in [0.4, 0.5) is 0 Å². The van der Waals surface area contributed by atoms with E-state index in [1.54, 1.807) is 0 Å². The first kappa shape index (κ1) is 29.6. The van der Waals surface area contributed by atoms with Crippen molar-refractivity contribution in [1.82, 2.24) is 10.6 Å². The molecule has 2 aromatic carbocycles. The van der Waals surface area contributed by atoms with Crippen LogP contribution in [0.3, 0.4) is 0 Å². The number of rotatable bonds is 15. The van der Waals surface area contributed by atoms with E-state index in [1.807, 2.05) is 13.8 Å². The minimum absolute atomic E-state index is 0.0881. The quantitative estimate of drug-likeness (QED) is 0.269. The van der Waals surface area contributed by atoms with E-state index in [9.17, 15) is 9.59 Å². The van der Waals surface area contributed by atoms with Gasteiger partial charge in [-0.1, -0.05) is 89.1 Å². The van der Waals surface area contributed by atoms with Crippen molar-refractivity contribution in [3.8, 4) is 0 Å². The van der Waals surface area contributed by atoms with Crippen molar-refractivity contribution in [2.45, 2.75) is 91.9 Å². The van der Waals surface area contributed by atoms with Crippen molar-refractivity contribution in [2.24, 2.45) is 11.8 Å². The number of hydrogen-bond acceptors (Lipinski definition) is 2. The van der Waals surface area contributed by atoms with Crippen LogP contribution in [0, 0.1) is 11.8 Å². The van der Waals surface area contributed by atoms with Gasteiger partial charge >= 0.3 is 0 Å². The molecule has 4 nitrogen and oxygen atoms in total. The van der Waals surface area contributed by atoms with E-state index in [-0.39, 0.29) is 23.7 Å². The topological polar surface area (TPSA) is 58.2 Å². The van der Waals surface area contributed by atoms with Crippen LogP contribution >= 0.6 is 0 Å². The van der Waals surface area contributed by atoms with E-state index in [1.165, 1.54) is 11.1 Å². The summed E-state index contributed by atoms with van der Waals surface area (Å²) in [5.41, 5.74) is 4.78. The Labute approximate surface area is 219 Å². The number of carbonyl (C=O) groups excluding carboxylic acids is 2. The largest absolute Gasteiger partial charge is 0.356 e. The molecule has 0 fully saturated rings. The Kier molecular flexibility index (Phi) is 12.7. The predicted molar refractivity (Wildman–Crippen MR) is 151 cm³/mol. The molecule has 36 heavy (non-hydrogen) atoms. The highest BCUT2D eigenvalue weighted by atomic mass is 16.2. The van der Waals surface area contributed by atoms with Crippen molar-refractivity contribution in [3.05, 3.63) is 70.8 Å². The van der Waals surface area contributed by atoms with Gasteiger partial charge in [-0.05, 0) is 73.6 Å². The summed E-state index contributed by atoms with van der Waals surface area (Å²) in [6.45, 7) is 14.2. The predicted octanol–water partition coefficient (Wildman–Crippen LogP) is 6.78. The molecule has 0 saturated carbocycles. The molecule has 2 N–H and O–H groups in total. The molecular weight excluding hydrogens is 444 g/mol. The molecule has 0 aliphatic carbocycles. The monoisotopic (exact) mass is 492 g/mol. The smallest absolute Gasteiger partial charge is 0.227 e. The van der Waals surface area contributed by atoms with Crippen LogP contribution in [0.25, 0.3) is 0 Å². The van der Waals surface area contributed by atoms with Crippen LogP contribution in [0.2, 0.25) is 0 Å². The van der Waals surface area contributed by atoms with E-state index in [0.717, 1.165) is 49.7 Å². The zero-order valence-electron chi connectivity index (χ0n) is 23.4. The van der Waals surface area contributed by atoms with Crippen LogP contribution in [-0.4, -0.2) is 24.9 Å². The van der Waals surface area contributed by atoms with Gasteiger partial charge in [-0.2, -0.15) is 0 Å². The van der Waals surface area contributed by atoms with E-state index in [2.05, 4.69) is 86.9 Å². The second kappa shape index (κ2) is 15.5. The Balaban J connectivity index is 1.57. The Morgan fingerprint density at radius 3 is 1.19 bits per heavy atom. The summed E-state index contributed by atoms with van der Waals surface area (Å²) in [4.78, 5) is 25.0. The molecule has 0 saturated heterocycles. The van der Waals surface area contributed by atoms with Crippen molar-refractivity contribution in [2.75, 3.05) is 13.1 Å². The maximum Gasteiger partial charge on any atom is 0.227 e. The highest BCUT2D eigenvalue weighted by Crippen LogP contribution is 2.19. The zero-order valence-corrected chi connectivity index (χ0v) is 23.4. The molecule has 0 spiro atoms. The summed E-state index contributed by atoms with van der Waals surface area (Å²) < 4.78 is 0. The Bertz CT molecular complexity index is 839. The molecule has 198 valence electrons. The third-order valence-electron chi connectivity index (χ3n) is 6.74. The van der Waals surface area contributed by atoms with Crippen LogP contribution in [0.1, 0.15) is 101 Å². The number of amides is 2. The fraction of sp³-hybridized carbons (Fsp3) is 0.562. The number of benzene rings is 2. The van der Waals surface area contributed by atoms with Gasteiger partial charge in [-0.3, -0.25) is 9.59 Å². The van der Waals surface area contributed by atoms with Crippen LogP contribution in [-0.2, 0) is 22.4 Å². The first-order valence-corrected chi connectivity index (χ1v) is 13.9. The molecule has 2 rings (SSSR count). The number of unbranched alkanes of at least 4 members (excludes halogenated alkanes) is 3. The van der Waals surface area contributed by atoms with E-state index in [4.69, 9.17) is 0 Å². The van der Waals surface area contributed by atoms with Crippen molar-refractivity contribution in [3.63, 3.8) is 0 Å². The number of carbonyl (C=O) groups is 2. The molecule has 0 aliphatic rings. The first-order chi connectivity index (χ1) is 17.2. The number of hydrogen-bond donors (Lipinski definition) is 2. The lowest BCUT2D eigenvalue weighted by Gasteiger charge is -2.14. The van der Waals surface area contributed by atoms with Gasteiger partial charge in [0.15, 0.2) is 0 Å². The standard InChI is InChI=1S/C32H48N2O2/c1-23(2)21-27-11-15-29(16-12-27)25(5)31(35)33-19-9-7-8-10-20-34-32(36)26(6)30-17-13-28(14-18-30)22-24(3)4/h11-18,23-26H,7-10,19-22H2,1-6H3,(H,33,35)(H,34,36). The average Bonchev–Trinajstić information content (AvgIpc) is 2.84. The first-order valence-electron chi connectivity index (χ1n) is 13.9. The summed E-state index contributed by atoms with van der Waals surface area (Å²) in [6, 6.07) is 16.9. The normalized spacial score (nSPS) is 13.0. The molecule has 0 aliphatic heterocycles. The highest BCUT2D eigenvalue weighted by Gasteiger charge is 2.16. The fourth-order valence-electron chi connectivity index (χ4n) is 4.46. The molecule has 0 radical (unpaired) electrons. The van der Waals surface area contributed by atoms with Crippen molar-refractivity contribution in [1.29, 1.82) is 0 Å². The number of nitrogens with one attached hydrogen (secondary N) is 2. The molecular formula is C32H48N2O2. The summed E-state index contributed by atoms with van der Waals surface area (Å²) in [5.74, 6) is 1.17. The van der Waals surface area contributed by atoms with Gasteiger partial charge in [-0.15, -0.1) is 0 Å². The van der Waals surface area contributed by atoms with Crippen molar-refractivity contribution >= 4 is 11.8 Å². The second-order valence-corrected chi connectivity index (χ2v) is 11.1. The van der Waals surface area contributed by atoms with Crippen LogP contribution in [0.5, 0.6) is 0 Å². The summed E-state index contributed by atoms with van der Waals surface area (Å²) in [5, 5.41) is 6.15. The fourth-order valence-corrected chi connectivity index (χ4v) is 4.46. The summed E-state index contributed by atoms with van der Waals surface area (Å²) in [6.07, 6.45) is 6.13. The van der Waals surface area contributed by atoms with Gasteiger partial charge in [0, 0.05) is 13.1 Å². The average molecular weight is 493 g/mol. The lowest BCUT2D eigenvalue weighted by atomic mass is 9.96. The van der Waals surface area contributed by atoms with Gasteiger partial charge in [-0.25, -0.2) is 0 Å². The summed E-state index contributed by atoms with van der Waals surface area (Å²) >= 11 is 0. The lowest BCUT2D eigenvalue weighted by Crippen LogP contribution is -2.29. The Morgan fingerprint density at radius 2 is 0.889 bits per heavy atom. The SMILES string of the molecule is CC(C)Cc1ccc(C(C)C(=O)NCCCCCCNC(=O)C(C)c2ccc(CC(C)C)cc2)cc1.